The molecule has 0 aliphatic rings. The van der Waals surface area contributed by atoms with Crippen molar-refractivity contribution < 1.29 is 23.1 Å². The van der Waals surface area contributed by atoms with Crippen LogP contribution in [0.1, 0.15) is 24.2 Å². The number of benzene rings is 1. The van der Waals surface area contributed by atoms with E-state index in [9.17, 15) is 18.4 Å². The monoisotopic (exact) mass is 339 g/mol. The van der Waals surface area contributed by atoms with Gasteiger partial charge in [0.15, 0.2) is 6.61 Å². The van der Waals surface area contributed by atoms with Crippen LogP contribution in [0.4, 0.5) is 8.78 Å². The summed E-state index contributed by atoms with van der Waals surface area (Å²) >= 11 is 0. The average Bonchev–Trinajstić information content (AvgIpc) is 2.52. The number of carbonyl (C=O) groups is 2. The van der Waals surface area contributed by atoms with Gasteiger partial charge in [-0.05, 0) is 18.1 Å². The number of ketones is 1. The summed E-state index contributed by atoms with van der Waals surface area (Å²) in [6.07, 6.45) is 0. The van der Waals surface area contributed by atoms with Gasteiger partial charge in [0.05, 0.1) is 11.3 Å². The fourth-order valence-electron chi connectivity index (χ4n) is 1.82. The highest BCUT2D eigenvalue weighted by Crippen LogP contribution is 2.14. The second kappa shape index (κ2) is 8.19. The number of nitrogens with two attached hydrogens (primary N) is 1. The molecule has 0 amide bonds. The first-order valence-corrected chi connectivity index (χ1v) is 7.11. The van der Waals surface area contributed by atoms with Crippen molar-refractivity contribution in [3.8, 4) is 0 Å². The van der Waals surface area contributed by atoms with Gasteiger partial charge in [0.2, 0.25) is 5.78 Å². The van der Waals surface area contributed by atoms with Gasteiger partial charge < -0.3 is 21.2 Å². The van der Waals surface area contributed by atoms with E-state index in [1.807, 2.05) is 0 Å². The molecule has 0 bridgehead atoms. The van der Waals surface area contributed by atoms with Crippen LogP contribution in [-0.2, 0) is 9.53 Å². The molecule has 0 saturated heterocycles. The molecule has 0 spiro atoms. The first kappa shape index (κ1) is 19.3. The SMILES string of the molecule is CN/C(N)=C(\C(=N)C(C)C)C(=O)OCC(=O)c1c(F)cccc1F. The van der Waals surface area contributed by atoms with E-state index in [1.54, 1.807) is 13.8 Å². The van der Waals surface area contributed by atoms with Gasteiger partial charge in [-0.2, -0.15) is 0 Å². The molecule has 0 aliphatic carbocycles. The third-order valence-electron chi connectivity index (χ3n) is 3.17. The van der Waals surface area contributed by atoms with Crippen LogP contribution in [0.5, 0.6) is 0 Å². The molecule has 0 fully saturated rings. The number of halogens is 2. The zero-order chi connectivity index (χ0) is 18.4. The average molecular weight is 339 g/mol. The molecule has 0 radical (unpaired) electrons. The maximum absolute atomic E-state index is 13.5. The van der Waals surface area contributed by atoms with Gasteiger partial charge in [-0.25, -0.2) is 13.6 Å². The van der Waals surface area contributed by atoms with Crippen molar-refractivity contribution in [1.82, 2.24) is 5.32 Å². The molecule has 130 valence electrons. The van der Waals surface area contributed by atoms with E-state index >= 15 is 0 Å². The summed E-state index contributed by atoms with van der Waals surface area (Å²) in [7, 11) is 1.45. The van der Waals surface area contributed by atoms with E-state index in [1.165, 1.54) is 7.05 Å². The van der Waals surface area contributed by atoms with E-state index in [-0.39, 0.29) is 23.0 Å². The summed E-state index contributed by atoms with van der Waals surface area (Å²) in [5, 5.41) is 10.4. The predicted octanol–water partition coefficient (Wildman–Crippen LogP) is 1.76. The van der Waals surface area contributed by atoms with Crippen molar-refractivity contribution in [2.24, 2.45) is 11.7 Å². The quantitative estimate of drug-likeness (QED) is 0.304. The molecule has 1 aromatic carbocycles. The number of nitrogens with one attached hydrogen (secondary N) is 2. The van der Waals surface area contributed by atoms with E-state index < -0.39 is 35.6 Å². The lowest BCUT2D eigenvalue weighted by Crippen LogP contribution is -2.30. The van der Waals surface area contributed by atoms with Crippen molar-refractivity contribution in [2.75, 3.05) is 13.7 Å². The smallest absolute Gasteiger partial charge is 0.344 e. The van der Waals surface area contributed by atoms with Crippen LogP contribution in [-0.4, -0.2) is 31.1 Å². The van der Waals surface area contributed by atoms with Crippen molar-refractivity contribution in [2.45, 2.75) is 13.8 Å². The minimum atomic E-state index is -1.04. The molecule has 0 heterocycles. The van der Waals surface area contributed by atoms with Gasteiger partial charge in [-0.15, -0.1) is 0 Å². The van der Waals surface area contributed by atoms with E-state index in [2.05, 4.69) is 5.32 Å². The third kappa shape index (κ3) is 4.37. The first-order valence-electron chi connectivity index (χ1n) is 7.11. The number of rotatable bonds is 7. The highest BCUT2D eigenvalue weighted by Gasteiger charge is 2.25. The van der Waals surface area contributed by atoms with Crippen molar-refractivity contribution in [1.29, 1.82) is 5.41 Å². The van der Waals surface area contributed by atoms with Gasteiger partial charge in [-0.1, -0.05) is 19.9 Å². The summed E-state index contributed by atoms with van der Waals surface area (Å²) in [5.74, 6) is -4.56. The van der Waals surface area contributed by atoms with Crippen molar-refractivity contribution in [3.63, 3.8) is 0 Å². The normalized spacial score (nSPS) is 11.8. The van der Waals surface area contributed by atoms with E-state index in [0.29, 0.717) is 0 Å². The fourth-order valence-corrected chi connectivity index (χ4v) is 1.82. The highest BCUT2D eigenvalue weighted by atomic mass is 19.1. The molecule has 24 heavy (non-hydrogen) atoms. The molecule has 0 aliphatic heterocycles. The van der Waals surface area contributed by atoms with Crippen LogP contribution in [0.15, 0.2) is 29.6 Å². The lowest BCUT2D eigenvalue weighted by atomic mass is 10.00. The largest absolute Gasteiger partial charge is 0.454 e. The molecule has 8 heteroatoms. The number of hydrogen-bond donors (Lipinski definition) is 3. The first-order chi connectivity index (χ1) is 11.2. The Kier molecular flexibility index (Phi) is 6.58. The number of carbonyl (C=O) groups excluding carboxylic acids is 2. The van der Waals surface area contributed by atoms with Crippen LogP contribution in [0, 0.1) is 23.0 Å². The Balaban J connectivity index is 2.94. The molecule has 1 aromatic rings. The molecule has 0 aromatic heterocycles. The fraction of sp³-hybridized carbons (Fsp3) is 0.312. The summed E-state index contributed by atoms with van der Waals surface area (Å²) < 4.78 is 31.8. The Bertz CT molecular complexity index is 680. The minimum Gasteiger partial charge on any atom is -0.454 e. The number of Topliss-reactive ketones (excluding diaryl/α,β-unsaturated/α-hetero) is 1. The van der Waals surface area contributed by atoms with Crippen LogP contribution in [0.25, 0.3) is 0 Å². The van der Waals surface area contributed by atoms with Crippen LogP contribution in [0.2, 0.25) is 0 Å². The Hall–Kier alpha value is -2.77. The summed E-state index contributed by atoms with van der Waals surface area (Å²) in [6.45, 7) is 2.49. The molecule has 6 nitrogen and oxygen atoms in total. The van der Waals surface area contributed by atoms with Crippen LogP contribution < -0.4 is 11.1 Å². The lowest BCUT2D eigenvalue weighted by Gasteiger charge is -2.14. The summed E-state index contributed by atoms with van der Waals surface area (Å²) in [4.78, 5) is 24.0. The van der Waals surface area contributed by atoms with Gasteiger partial charge in [-0.3, -0.25) is 4.79 Å². The maximum Gasteiger partial charge on any atom is 0.344 e. The van der Waals surface area contributed by atoms with Crippen molar-refractivity contribution in [3.05, 3.63) is 46.8 Å². The number of esters is 1. The van der Waals surface area contributed by atoms with Crippen LogP contribution >= 0.6 is 0 Å². The second-order valence-corrected chi connectivity index (χ2v) is 5.20. The standard InChI is InChI=1S/C16H19F2N3O3/c1-8(2)14(19)13(15(20)21-3)16(23)24-7-11(22)12-9(17)5-4-6-10(12)18/h4-6,8,19,21H,7,20H2,1-3H3/b15-13+,19-14?. The molecule has 4 N–H and O–H groups in total. The van der Waals surface area contributed by atoms with Crippen molar-refractivity contribution >= 4 is 17.5 Å². The Labute approximate surface area is 138 Å². The topological polar surface area (TPSA) is 105 Å². The molecular formula is C16H19F2N3O3. The molecular weight excluding hydrogens is 320 g/mol. The number of ether oxygens (including phenoxy) is 1. The Morgan fingerprint density at radius 3 is 2.29 bits per heavy atom. The predicted molar refractivity (Wildman–Crippen MR) is 84.5 cm³/mol. The zero-order valence-electron chi connectivity index (χ0n) is 13.6. The lowest BCUT2D eigenvalue weighted by molar-refractivity contribution is -0.137. The van der Waals surface area contributed by atoms with Gasteiger partial charge in [0.1, 0.15) is 23.0 Å². The Morgan fingerprint density at radius 1 is 1.29 bits per heavy atom. The maximum atomic E-state index is 13.5. The summed E-state index contributed by atoms with van der Waals surface area (Å²) in [5.41, 5.74) is 4.55. The molecule has 0 unspecified atom stereocenters. The van der Waals surface area contributed by atoms with E-state index in [4.69, 9.17) is 15.9 Å². The minimum absolute atomic E-state index is 0.0867. The number of hydrogen-bond acceptors (Lipinski definition) is 6. The van der Waals surface area contributed by atoms with Gasteiger partial charge >= 0.3 is 5.97 Å². The van der Waals surface area contributed by atoms with E-state index in [0.717, 1.165) is 18.2 Å². The third-order valence-corrected chi connectivity index (χ3v) is 3.17. The molecule has 1 rings (SSSR count). The zero-order valence-corrected chi connectivity index (χ0v) is 13.6. The van der Waals surface area contributed by atoms with Gasteiger partial charge in [0, 0.05) is 7.05 Å². The second-order valence-electron chi connectivity index (χ2n) is 5.20. The highest BCUT2D eigenvalue weighted by molar-refractivity contribution is 6.20. The molecule has 0 atom stereocenters. The van der Waals surface area contributed by atoms with Crippen LogP contribution in [0.3, 0.4) is 0 Å². The van der Waals surface area contributed by atoms with Gasteiger partial charge in [0.25, 0.3) is 0 Å². The molecule has 0 saturated carbocycles. The summed E-state index contributed by atoms with van der Waals surface area (Å²) in [6, 6.07) is 2.97. The Morgan fingerprint density at radius 2 is 1.83 bits per heavy atom.